The molecule has 0 aliphatic carbocycles. The average Bonchev–Trinajstić information content (AvgIpc) is 3.55. The predicted molar refractivity (Wildman–Crippen MR) is 190 cm³/mol. The van der Waals surface area contributed by atoms with Crippen LogP contribution in [0.25, 0.3) is 88.0 Å². The molecule has 0 saturated carbocycles. The molecule has 1 aromatic heterocycles. The molecular weight excluding hydrogens is 544 g/mol. The third-order valence-corrected chi connectivity index (χ3v) is 9.05. The Morgan fingerprint density at radius 1 is 0.289 bits per heavy atom. The first-order valence-electron chi connectivity index (χ1n) is 15.4. The van der Waals surface area contributed by atoms with Crippen molar-refractivity contribution in [2.24, 2.45) is 0 Å². The number of benzene rings is 8. The van der Waals surface area contributed by atoms with Gasteiger partial charge in [0.15, 0.2) is 0 Å². The molecule has 0 unspecified atom stereocenters. The Labute approximate surface area is 261 Å². The fraction of sp³-hybridized carbons (Fsp3) is 0. The van der Waals surface area contributed by atoms with Crippen LogP contribution in [0.2, 0.25) is 0 Å². The Morgan fingerprint density at radius 2 is 0.800 bits per heavy atom. The first-order chi connectivity index (χ1) is 22.3. The minimum Gasteiger partial charge on any atom is -0.456 e. The van der Waals surface area contributed by atoms with Gasteiger partial charge in [0.2, 0.25) is 0 Å². The molecule has 9 rings (SSSR count). The fourth-order valence-corrected chi connectivity index (χ4v) is 6.90. The molecule has 0 aliphatic heterocycles. The van der Waals surface area contributed by atoms with E-state index < -0.39 is 0 Å². The molecule has 1 nitrogen and oxygen atoms in total. The summed E-state index contributed by atoms with van der Waals surface area (Å²) in [6.07, 6.45) is 0. The molecule has 0 aliphatic rings. The normalized spacial score (nSPS) is 11.6. The van der Waals surface area contributed by atoms with Crippen molar-refractivity contribution in [1.82, 2.24) is 0 Å². The summed E-state index contributed by atoms with van der Waals surface area (Å²) in [5.41, 5.74) is 9.37. The molecule has 0 N–H and O–H groups in total. The lowest BCUT2D eigenvalue weighted by molar-refractivity contribution is 0.631. The maximum Gasteiger partial charge on any atom is 0.135 e. The number of hydrogen-bond donors (Lipinski definition) is 0. The minimum absolute atomic E-state index is 0.888. The molecule has 9 aromatic rings. The second-order valence-electron chi connectivity index (χ2n) is 11.7. The molecule has 45 heavy (non-hydrogen) atoms. The topological polar surface area (TPSA) is 13.1 Å². The maximum atomic E-state index is 6.17. The van der Waals surface area contributed by atoms with Crippen LogP contribution >= 0.6 is 0 Å². The quantitative estimate of drug-likeness (QED) is 0.191. The van der Waals surface area contributed by atoms with Gasteiger partial charge in [-0.25, -0.2) is 0 Å². The lowest BCUT2D eigenvalue weighted by Crippen LogP contribution is -1.91. The van der Waals surface area contributed by atoms with E-state index in [4.69, 9.17) is 4.42 Å². The van der Waals surface area contributed by atoms with Gasteiger partial charge in [-0.05, 0) is 90.0 Å². The second kappa shape index (κ2) is 10.4. The summed E-state index contributed by atoms with van der Waals surface area (Å²) in [4.78, 5) is 0. The summed E-state index contributed by atoms with van der Waals surface area (Å²) < 4.78 is 6.17. The van der Waals surface area contributed by atoms with Gasteiger partial charge >= 0.3 is 0 Å². The van der Waals surface area contributed by atoms with Crippen LogP contribution in [0.15, 0.2) is 174 Å². The molecule has 0 amide bonds. The number of fused-ring (bicyclic) bond motifs is 4. The highest BCUT2D eigenvalue weighted by molar-refractivity contribution is 6.21. The van der Waals surface area contributed by atoms with E-state index in [0.29, 0.717) is 0 Å². The van der Waals surface area contributed by atoms with Crippen molar-refractivity contribution >= 4 is 43.3 Å². The molecule has 0 radical (unpaired) electrons. The van der Waals surface area contributed by atoms with E-state index in [2.05, 4.69) is 152 Å². The van der Waals surface area contributed by atoms with Gasteiger partial charge in [-0.2, -0.15) is 0 Å². The van der Waals surface area contributed by atoms with Crippen LogP contribution in [0.5, 0.6) is 0 Å². The first kappa shape index (κ1) is 25.6. The van der Waals surface area contributed by atoms with Crippen molar-refractivity contribution in [3.8, 4) is 44.7 Å². The second-order valence-corrected chi connectivity index (χ2v) is 11.7. The maximum absolute atomic E-state index is 6.17. The monoisotopic (exact) mass is 572 g/mol. The average molecular weight is 573 g/mol. The molecule has 0 saturated heterocycles. The molecule has 0 fully saturated rings. The van der Waals surface area contributed by atoms with Crippen LogP contribution in [0, 0.1) is 0 Å². The lowest BCUT2D eigenvalue weighted by atomic mass is 9.85. The summed E-state index contributed by atoms with van der Waals surface area (Å²) in [5.74, 6) is 0.888. The Hall–Kier alpha value is -5.92. The minimum atomic E-state index is 0.888. The Kier molecular flexibility index (Phi) is 5.89. The van der Waals surface area contributed by atoms with Gasteiger partial charge in [-0.3, -0.25) is 0 Å². The molecule has 8 aromatic carbocycles. The third-order valence-electron chi connectivity index (χ3n) is 9.05. The summed E-state index contributed by atoms with van der Waals surface area (Å²) in [6.45, 7) is 0. The zero-order chi connectivity index (χ0) is 29.7. The van der Waals surface area contributed by atoms with Crippen molar-refractivity contribution in [2.75, 3.05) is 0 Å². The van der Waals surface area contributed by atoms with Crippen LogP contribution in [0.3, 0.4) is 0 Å². The van der Waals surface area contributed by atoms with Crippen molar-refractivity contribution in [3.05, 3.63) is 170 Å². The Balaban J connectivity index is 1.21. The van der Waals surface area contributed by atoms with Gasteiger partial charge in [-0.1, -0.05) is 146 Å². The van der Waals surface area contributed by atoms with Crippen LogP contribution in [-0.4, -0.2) is 0 Å². The van der Waals surface area contributed by atoms with Gasteiger partial charge in [0, 0.05) is 10.9 Å². The SMILES string of the molecule is c1cc(-c2ccc3ccccc3c2)cc(-c2c3ccccc3c(-c3ccc(-c4cc5ccccc5o4)cc3)c3ccccc23)c1. The lowest BCUT2D eigenvalue weighted by Gasteiger charge is -2.18. The van der Waals surface area contributed by atoms with E-state index in [1.165, 1.54) is 65.7 Å². The van der Waals surface area contributed by atoms with Crippen molar-refractivity contribution in [1.29, 1.82) is 0 Å². The summed E-state index contributed by atoms with van der Waals surface area (Å²) >= 11 is 0. The Morgan fingerprint density at radius 3 is 1.49 bits per heavy atom. The van der Waals surface area contributed by atoms with Crippen molar-refractivity contribution < 1.29 is 4.42 Å². The molecule has 210 valence electrons. The van der Waals surface area contributed by atoms with E-state index in [1.807, 2.05) is 18.2 Å². The van der Waals surface area contributed by atoms with E-state index >= 15 is 0 Å². The van der Waals surface area contributed by atoms with Crippen molar-refractivity contribution in [3.63, 3.8) is 0 Å². The van der Waals surface area contributed by atoms with Gasteiger partial charge in [0.25, 0.3) is 0 Å². The van der Waals surface area contributed by atoms with E-state index in [-0.39, 0.29) is 0 Å². The number of hydrogen-bond acceptors (Lipinski definition) is 1. The van der Waals surface area contributed by atoms with Gasteiger partial charge in [0.05, 0.1) is 0 Å². The van der Waals surface area contributed by atoms with Gasteiger partial charge in [0.1, 0.15) is 11.3 Å². The van der Waals surface area contributed by atoms with Gasteiger partial charge in [-0.15, -0.1) is 0 Å². The highest BCUT2D eigenvalue weighted by Gasteiger charge is 2.17. The fourth-order valence-electron chi connectivity index (χ4n) is 6.90. The Bertz CT molecular complexity index is 2440. The molecule has 0 spiro atoms. The van der Waals surface area contributed by atoms with Crippen LogP contribution in [-0.2, 0) is 0 Å². The highest BCUT2D eigenvalue weighted by Crippen LogP contribution is 2.44. The zero-order valence-corrected chi connectivity index (χ0v) is 24.6. The molecule has 0 bridgehead atoms. The zero-order valence-electron chi connectivity index (χ0n) is 24.6. The predicted octanol–water partition coefficient (Wildman–Crippen LogP) is 12.6. The number of para-hydroxylation sites is 1. The highest BCUT2D eigenvalue weighted by atomic mass is 16.3. The standard InChI is InChI=1S/C44H28O/c1-2-11-32-26-34(25-20-29(32)10-1)33-13-9-14-36(27-33)44-39-17-6-4-15-37(39)43(38-16-5-7-18-40(38)44)31-23-21-30(22-24-31)42-28-35-12-3-8-19-41(35)45-42/h1-28H. The summed E-state index contributed by atoms with van der Waals surface area (Å²) in [6, 6.07) is 61.1. The molecule has 0 atom stereocenters. The van der Waals surface area contributed by atoms with Crippen molar-refractivity contribution in [2.45, 2.75) is 0 Å². The number of furan rings is 1. The summed E-state index contributed by atoms with van der Waals surface area (Å²) in [5, 5.41) is 8.64. The van der Waals surface area contributed by atoms with Crippen LogP contribution in [0.4, 0.5) is 0 Å². The van der Waals surface area contributed by atoms with E-state index in [9.17, 15) is 0 Å². The molecular formula is C44H28O. The molecule has 1 heteroatoms. The number of rotatable bonds is 4. The smallest absolute Gasteiger partial charge is 0.135 e. The van der Waals surface area contributed by atoms with E-state index in [0.717, 1.165) is 22.3 Å². The largest absolute Gasteiger partial charge is 0.456 e. The van der Waals surface area contributed by atoms with E-state index in [1.54, 1.807) is 0 Å². The first-order valence-corrected chi connectivity index (χ1v) is 15.4. The van der Waals surface area contributed by atoms with Gasteiger partial charge < -0.3 is 4.42 Å². The summed E-state index contributed by atoms with van der Waals surface area (Å²) in [7, 11) is 0. The van der Waals surface area contributed by atoms with Crippen LogP contribution < -0.4 is 0 Å². The third kappa shape index (κ3) is 4.32. The molecule has 1 heterocycles. The van der Waals surface area contributed by atoms with Crippen LogP contribution in [0.1, 0.15) is 0 Å².